The molecule has 0 aliphatic carbocycles. The van der Waals surface area contributed by atoms with Crippen LogP contribution in [0.2, 0.25) is 5.02 Å². The number of fused-ring (bicyclic) bond motifs is 1. The van der Waals surface area contributed by atoms with Crippen LogP contribution in [0.1, 0.15) is 12.0 Å². The molecule has 1 aromatic carbocycles. The standard InChI is InChI=1S/C10H9ClO5/c11-8-9(14)5(1-2-7(12)13)3-6-10(8)16-4-15-6/h3,14H,1-2,4H2,(H,12,13). The van der Waals surface area contributed by atoms with Crippen molar-refractivity contribution < 1.29 is 24.5 Å². The van der Waals surface area contributed by atoms with E-state index in [0.29, 0.717) is 17.1 Å². The van der Waals surface area contributed by atoms with Crippen LogP contribution in [0.25, 0.3) is 0 Å². The minimum atomic E-state index is -0.937. The highest BCUT2D eigenvalue weighted by Gasteiger charge is 2.23. The fourth-order valence-corrected chi connectivity index (χ4v) is 1.74. The molecule has 16 heavy (non-hydrogen) atoms. The molecule has 86 valence electrons. The first-order chi connectivity index (χ1) is 7.59. The van der Waals surface area contributed by atoms with E-state index in [2.05, 4.69) is 0 Å². The van der Waals surface area contributed by atoms with Gasteiger partial charge in [0.05, 0.1) is 0 Å². The summed E-state index contributed by atoms with van der Waals surface area (Å²) < 4.78 is 10.2. The van der Waals surface area contributed by atoms with Crippen molar-refractivity contribution >= 4 is 17.6 Å². The van der Waals surface area contributed by atoms with E-state index >= 15 is 0 Å². The molecule has 2 rings (SSSR count). The van der Waals surface area contributed by atoms with Crippen molar-refractivity contribution in [3.05, 3.63) is 16.7 Å². The molecule has 1 heterocycles. The molecular formula is C10H9ClO5. The summed E-state index contributed by atoms with van der Waals surface area (Å²) >= 11 is 5.86. The number of hydrogen-bond acceptors (Lipinski definition) is 4. The van der Waals surface area contributed by atoms with Gasteiger partial charge in [0, 0.05) is 6.42 Å². The van der Waals surface area contributed by atoms with Crippen LogP contribution in [0.3, 0.4) is 0 Å². The van der Waals surface area contributed by atoms with Crippen LogP contribution in [-0.4, -0.2) is 23.0 Å². The predicted octanol–water partition coefficient (Wildman–Crippen LogP) is 1.79. The Hall–Kier alpha value is -1.62. The number of carbonyl (C=O) groups is 1. The van der Waals surface area contributed by atoms with Gasteiger partial charge in [-0.05, 0) is 18.1 Å². The summed E-state index contributed by atoms with van der Waals surface area (Å²) in [5, 5.41) is 18.3. The molecule has 0 aromatic heterocycles. The summed E-state index contributed by atoms with van der Waals surface area (Å²) in [5.74, 6) is -0.346. The smallest absolute Gasteiger partial charge is 0.303 e. The highest BCUT2D eigenvalue weighted by atomic mass is 35.5. The molecule has 1 aliphatic heterocycles. The number of phenols is 1. The average Bonchev–Trinajstić information content (AvgIpc) is 2.69. The monoisotopic (exact) mass is 244 g/mol. The number of ether oxygens (including phenoxy) is 2. The Balaban J connectivity index is 2.32. The molecule has 2 N–H and O–H groups in total. The van der Waals surface area contributed by atoms with Crippen molar-refractivity contribution in [1.29, 1.82) is 0 Å². The van der Waals surface area contributed by atoms with Crippen molar-refractivity contribution in [2.24, 2.45) is 0 Å². The summed E-state index contributed by atoms with van der Waals surface area (Å²) in [6.45, 7) is 0.0525. The van der Waals surface area contributed by atoms with Crippen molar-refractivity contribution in [3.8, 4) is 17.2 Å². The maximum Gasteiger partial charge on any atom is 0.303 e. The van der Waals surface area contributed by atoms with Crippen LogP contribution >= 0.6 is 11.6 Å². The Kier molecular flexibility index (Phi) is 2.78. The number of rotatable bonds is 3. The predicted molar refractivity (Wildman–Crippen MR) is 55.2 cm³/mol. The number of hydrogen-bond donors (Lipinski definition) is 2. The lowest BCUT2D eigenvalue weighted by molar-refractivity contribution is -0.136. The summed E-state index contributed by atoms with van der Waals surface area (Å²) in [4.78, 5) is 10.4. The zero-order valence-electron chi connectivity index (χ0n) is 8.20. The van der Waals surface area contributed by atoms with Crippen molar-refractivity contribution in [1.82, 2.24) is 0 Å². The van der Waals surface area contributed by atoms with E-state index in [0.717, 1.165) is 0 Å². The molecule has 6 heteroatoms. The zero-order valence-corrected chi connectivity index (χ0v) is 8.95. The topological polar surface area (TPSA) is 76.0 Å². The van der Waals surface area contributed by atoms with Crippen molar-refractivity contribution in [2.75, 3.05) is 6.79 Å². The lowest BCUT2D eigenvalue weighted by atomic mass is 10.1. The average molecular weight is 245 g/mol. The molecule has 0 atom stereocenters. The number of carboxylic acid groups (broad SMARTS) is 1. The molecule has 1 aliphatic rings. The maximum atomic E-state index is 10.4. The Morgan fingerprint density at radius 2 is 2.25 bits per heavy atom. The third kappa shape index (κ3) is 1.86. The SMILES string of the molecule is O=C(O)CCc1cc2c(c(Cl)c1O)OCO2. The highest BCUT2D eigenvalue weighted by Crippen LogP contribution is 2.46. The van der Waals surface area contributed by atoms with E-state index < -0.39 is 5.97 Å². The lowest BCUT2D eigenvalue weighted by Crippen LogP contribution is -1.98. The number of phenolic OH excluding ortho intramolecular Hbond substituents is 1. The van der Waals surface area contributed by atoms with Crippen LogP contribution in [0, 0.1) is 0 Å². The fourth-order valence-electron chi connectivity index (χ4n) is 1.47. The third-order valence-electron chi connectivity index (χ3n) is 2.27. The zero-order chi connectivity index (χ0) is 11.7. The van der Waals surface area contributed by atoms with Gasteiger partial charge < -0.3 is 19.7 Å². The second-order valence-electron chi connectivity index (χ2n) is 3.33. The molecule has 0 fully saturated rings. The molecule has 0 bridgehead atoms. The number of aryl methyl sites for hydroxylation is 1. The molecule has 5 nitrogen and oxygen atoms in total. The Morgan fingerprint density at radius 3 is 2.94 bits per heavy atom. The van der Waals surface area contributed by atoms with Gasteiger partial charge in [0.15, 0.2) is 11.5 Å². The van der Waals surface area contributed by atoms with Gasteiger partial charge in [0.1, 0.15) is 10.8 Å². The Bertz CT molecular complexity index is 443. The Morgan fingerprint density at radius 1 is 1.50 bits per heavy atom. The van der Waals surface area contributed by atoms with E-state index in [1.807, 2.05) is 0 Å². The minimum absolute atomic E-state index is 0.0525. The van der Waals surface area contributed by atoms with Crippen LogP contribution in [0.5, 0.6) is 17.2 Å². The Labute approximate surface area is 96.2 Å². The van der Waals surface area contributed by atoms with Gasteiger partial charge in [-0.3, -0.25) is 4.79 Å². The molecule has 0 radical (unpaired) electrons. The highest BCUT2D eigenvalue weighted by molar-refractivity contribution is 6.34. The first-order valence-electron chi connectivity index (χ1n) is 4.61. The summed E-state index contributed by atoms with van der Waals surface area (Å²) in [5.41, 5.74) is 0.441. The largest absolute Gasteiger partial charge is 0.506 e. The van der Waals surface area contributed by atoms with Crippen molar-refractivity contribution in [2.45, 2.75) is 12.8 Å². The molecule has 0 saturated carbocycles. The van der Waals surface area contributed by atoms with Gasteiger partial charge >= 0.3 is 5.97 Å². The molecule has 0 spiro atoms. The van der Waals surface area contributed by atoms with E-state index in [1.54, 1.807) is 6.07 Å². The molecule has 0 saturated heterocycles. The second-order valence-corrected chi connectivity index (χ2v) is 3.70. The summed E-state index contributed by atoms with van der Waals surface area (Å²) in [6.07, 6.45) is 0.112. The maximum absolute atomic E-state index is 10.4. The van der Waals surface area contributed by atoms with Crippen LogP contribution < -0.4 is 9.47 Å². The quantitative estimate of drug-likeness (QED) is 0.848. The molecule has 1 aromatic rings. The van der Waals surface area contributed by atoms with Crippen LogP contribution in [0.4, 0.5) is 0 Å². The van der Waals surface area contributed by atoms with Gasteiger partial charge in [0.25, 0.3) is 0 Å². The molecular weight excluding hydrogens is 236 g/mol. The third-order valence-corrected chi connectivity index (χ3v) is 2.62. The van der Waals surface area contributed by atoms with Gasteiger partial charge in [-0.1, -0.05) is 11.6 Å². The first kappa shape index (κ1) is 10.9. The van der Waals surface area contributed by atoms with Gasteiger partial charge in [-0.15, -0.1) is 0 Å². The second kappa shape index (κ2) is 4.09. The minimum Gasteiger partial charge on any atom is -0.506 e. The summed E-state index contributed by atoms with van der Waals surface area (Å²) in [6, 6.07) is 1.55. The number of aliphatic carboxylic acids is 1. The van der Waals surface area contributed by atoms with E-state index in [4.69, 9.17) is 26.2 Å². The normalized spacial score (nSPS) is 12.8. The number of benzene rings is 1. The number of carboxylic acids is 1. The summed E-state index contributed by atoms with van der Waals surface area (Å²) in [7, 11) is 0. The number of halogens is 1. The fraction of sp³-hybridized carbons (Fsp3) is 0.300. The van der Waals surface area contributed by atoms with Crippen molar-refractivity contribution in [3.63, 3.8) is 0 Å². The first-order valence-corrected chi connectivity index (χ1v) is 4.99. The van der Waals surface area contributed by atoms with E-state index in [9.17, 15) is 9.90 Å². The van der Waals surface area contributed by atoms with E-state index in [1.165, 1.54) is 0 Å². The van der Waals surface area contributed by atoms with Crippen LogP contribution in [0.15, 0.2) is 6.07 Å². The molecule has 0 unspecified atom stereocenters. The van der Waals surface area contributed by atoms with Gasteiger partial charge in [0.2, 0.25) is 6.79 Å². The van der Waals surface area contributed by atoms with Gasteiger partial charge in [-0.2, -0.15) is 0 Å². The molecule has 0 amide bonds. The number of aromatic hydroxyl groups is 1. The van der Waals surface area contributed by atoms with Crippen LogP contribution in [-0.2, 0) is 11.2 Å². The van der Waals surface area contributed by atoms with E-state index in [-0.39, 0.29) is 30.4 Å². The lowest BCUT2D eigenvalue weighted by Gasteiger charge is -2.07. The van der Waals surface area contributed by atoms with Gasteiger partial charge in [-0.25, -0.2) is 0 Å².